The second-order valence-corrected chi connectivity index (χ2v) is 0.348. The van der Waals surface area contributed by atoms with Crippen LogP contribution in [-0.4, -0.2) is 7.11 Å². The van der Waals surface area contributed by atoms with Crippen molar-refractivity contribution in [1.29, 1.82) is 0 Å². The fraction of sp³-hybridized carbons (Fsp3) is 0.333. The van der Waals surface area contributed by atoms with Crippen molar-refractivity contribution in [2.45, 2.75) is 0 Å². The molecule has 0 aromatic rings. The van der Waals surface area contributed by atoms with E-state index in [-0.39, 0.29) is 32.7 Å². The summed E-state index contributed by atoms with van der Waals surface area (Å²) in [5.74, 6) is 0. The van der Waals surface area contributed by atoms with Gasteiger partial charge in [0.1, 0.15) is 0 Å². The van der Waals surface area contributed by atoms with Crippen LogP contribution in [0.15, 0.2) is 6.58 Å². The van der Waals surface area contributed by atoms with Crippen molar-refractivity contribution in [3.8, 4) is 0 Å². The van der Waals surface area contributed by atoms with Gasteiger partial charge >= 0.3 is 0 Å². The smallest absolute Gasteiger partial charge is 0.0336 e. The van der Waals surface area contributed by atoms with Gasteiger partial charge in [0.25, 0.3) is 0 Å². The molecule has 0 rings (SSSR count). The summed E-state index contributed by atoms with van der Waals surface area (Å²) < 4.78 is 4.18. The van der Waals surface area contributed by atoms with E-state index in [1.165, 1.54) is 7.11 Å². The summed E-state index contributed by atoms with van der Waals surface area (Å²) in [7, 11) is 1.51. The van der Waals surface area contributed by atoms with E-state index in [0.29, 0.717) is 0 Å². The fourth-order valence-electron chi connectivity index (χ4n) is 0. The first kappa shape index (κ1) is 9.17. The third kappa shape index (κ3) is 12.0. The van der Waals surface area contributed by atoms with Gasteiger partial charge in [-0.15, -0.1) is 0 Å². The first-order valence-electron chi connectivity index (χ1n) is 0.966. The summed E-state index contributed by atoms with van der Waals surface area (Å²) in [5.41, 5.74) is 0. The molecule has 27 valence electrons. The zero-order chi connectivity index (χ0) is 3.41. The number of hydrogen-bond donors (Lipinski definition) is 0. The maximum atomic E-state index is 4.18. The third-order valence-electron chi connectivity index (χ3n) is 0.144. The Morgan fingerprint density at radius 1 is 1.80 bits per heavy atom. The van der Waals surface area contributed by atoms with Gasteiger partial charge in [-0.1, -0.05) is 0 Å². The minimum atomic E-state index is 0. The van der Waals surface area contributed by atoms with Crippen molar-refractivity contribution in [3.05, 3.63) is 12.8 Å². The molecule has 5 heavy (non-hydrogen) atoms. The van der Waals surface area contributed by atoms with Gasteiger partial charge in [0, 0.05) is 39.8 Å². The van der Waals surface area contributed by atoms with Gasteiger partial charge in [0.2, 0.25) is 0 Å². The molecule has 0 aliphatic rings. The van der Waals surface area contributed by atoms with Gasteiger partial charge in [-0.25, -0.2) is 6.58 Å². The Balaban J connectivity index is 0. The van der Waals surface area contributed by atoms with Gasteiger partial charge < -0.3 is 11.0 Å². The van der Waals surface area contributed by atoms with E-state index in [9.17, 15) is 0 Å². The number of rotatable bonds is 1. The van der Waals surface area contributed by atoms with Crippen molar-refractivity contribution in [2.24, 2.45) is 0 Å². The van der Waals surface area contributed by atoms with Crippen LogP contribution in [0.4, 0.5) is 0 Å². The van der Waals surface area contributed by atoms with Crippen molar-refractivity contribution < 1.29 is 37.4 Å². The Hall–Kier alpha value is 0.644. The molecule has 1 radical (unpaired) electrons. The Morgan fingerprint density at radius 3 is 2.00 bits per heavy atom. The summed E-state index contributed by atoms with van der Waals surface area (Å²) in [6.07, 6.45) is 2.18. The summed E-state index contributed by atoms with van der Waals surface area (Å²) in [4.78, 5) is 0. The van der Waals surface area contributed by atoms with E-state index < -0.39 is 0 Å². The van der Waals surface area contributed by atoms with Crippen molar-refractivity contribution in [2.75, 3.05) is 7.11 Å². The molecular formula is C3H5OY-. The van der Waals surface area contributed by atoms with Crippen molar-refractivity contribution >= 4 is 0 Å². The largest absolute Gasteiger partial charge is 0.695 e. The van der Waals surface area contributed by atoms with E-state index in [1.807, 2.05) is 0 Å². The topological polar surface area (TPSA) is 9.23 Å². The first-order chi connectivity index (χ1) is 1.91. The maximum absolute atomic E-state index is 4.18. The van der Waals surface area contributed by atoms with Crippen LogP contribution in [0.2, 0.25) is 0 Å². The molecule has 0 amide bonds. The average molecular weight is 146 g/mol. The average Bonchev–Trinajstić information content (AvgIpc) is 1.37. The molecule has 0 spiro atoms. The second-order valence-electron chi connectivity index (χ2n) is 0.348. The van der Waals surface area contributed by atoms with Gasteiger partial charge in [0.15, 0.2) is 0 Å². The van der Waals surface area contributed by atoms with Crippen LogP contribution in [0.25, 0.3) is 0 Å². The minimum Gasteiger partial charge on any atom is -0.695 e. The van der Waals surface area contributed by atoms with E-state index in [2.05, 4.69) is 17.6 Å². The van der Waals surface area contributed by atoms with Crippen LogP contribution in [0.1, 0.15) is 0 Å². The van der Waals surface area contributed by atoms with Crippen molar-refractivity contribution in [3.63, 3.8) is 0 Å². The van der Waals surface area contributed by atoms with Gasteiger partial charge in [0.05, 0.1) is 0 Å². The zero-order valence-corrected chi connectivity index (χ0v) is 6.03. The predicted octanol–water partition coefficient (Wildman–Crippen LogP) is 0.577. The number of methoxy groups -OCH3 is 1. The number of ether oxygens (including phenoxy) is 1. The van der Waals surface area contributed by atoms with Gasteiger partial charge in [-0.05, 0) is 0 Å². The monoisotopic (exact) mass is 146 g/mol. The van der Waals surface area contributed by atoms with Gasteiger partial charge in [-0.2, -0.15) is 0 Å². The Labute approximate surface area is 57.3 Å². The Morgan fingerprint density at radius 2 is 2.00 bits per heavy atom. The normalized spacial score (nSPS) is 4.20. The van der Waals surface area contributed by atoms with E-state index in [1.54, 1.807) is 0 Å². The predicted molar refractivity (Wildman–Crippen MR) is 15.9 cm³/mol. The summed E-state index contributed by atoms with van der Waals surface area (Å²) in [5, 5.41) is 0. The molecule has 0 aromatic heterocycles. The fourth-order valence-corrected chi connectivity index (χ4v) is 0. The first-order valence-corrected chi connectivity index (χ1v) is 0.966. The van der Waals surface area contributed by atoms with E-state index in [4.69, 9.17) is 0 Å². The molecular weight excluding hydrogens is 141 g/mol. The molecule has 0 atom stereocenters. The van der Waals surface area contributed by atoms with Crippen LogP contribution in [0.3, 0.4) is 0 Å². The molecule has 0 fully saturated rings. The maximum Gasteiger partial charge on any atom is 0.0336 e. The third-order valence-corrected chi connectivity index (χ3v) is 0.144. The van der Waals surface area contributed by atoms with E-state index >= 15 is 0 Å². The Bertz CT molecular complexity index is 20.9. The molecule has 0 bridgehead atoms. The minimum absolute atomic E-state index is 0. The van der Waals surface area contributed by atoms with Crippen LogP contribution in [0, 0.1) is 6.26 Å². The van der Waals surface area contributed by atoms with Crippen molar-refractivity contribution in [1.82, 2.24) is 0 Å². The van der Waals surface area contributed by atoms with Crippen LogP contribution >= 0.6 is 0 Å². The molecule has 0 saturated carbocycles. The van der Waals surface area contributed by atoms with E-state index in [0.717, 1.165) is 0 Å². The SMILES string of the molecule is C=[C-]OC.[Y]. The second kappa shape index (κ2) is 8.82. The van der Waals surface area contributed by atoms with Crippen LogP contribution in [-0.2, 0) is 37.4 Å². The quantitative estimate of drug-likeness (QED) is 0.388. The molecule has 0 aromatic carbocycles. The van der Waals surface area contributed by atoms with Crippen LogP contribution < -0.4 is 0 Å². The number of hydrogen-bond acceptors (Lipinski definition) is 1. The molecule has 0 N–H and O–H groups in total. The molecule has 0 aliphatic carbocycles. The summed E-state index contributed by atoms with van der Waals surface area (Å²) in [6.45, 7) is 3.13. The van der Waals surface area contributed by atoms with Gasteiger partial charge in [-0.3, -0.25) is 0 Å². The Kier molecular flexibility index (Phi) is 16.2. The molecule has 0 unspecified atom stereocenters. The zero-order valence-electron chi connectivity index (χ0n) is 3.19. The summed E-state index contributed by atoms with van der Waals surface area (Å²) >= 11 is 0. The standard InChI is InChI=1S/C3H5O.Y/c1-3-4-2;/h1H2,2H3;/q-1;. The molecule has 2 heteroatoms. The molecule has 1 nitrogen and oxygen atoms in total. The molecule has 0 aliphatic heterocycles. The molecule has 0 saturated heterocycles. The molecule has 0 heterocycles. The summed E-state index contributed by atoms with van der Waals surface area (Å²) in [6, 6.07) is 0. The van der Waals surface area contributed by atoms with Crippen LogP contribution in [0.5, 0.6) is 0 Å².